The summed E-state index contributed by atoms with van der Waals surface area (Å²) in [5, 5.41) is 21.6. The summed E-state index contributed by atoms with van der Waals surface area (Å²) in [7, 11) is 0. The van der Waals surface area contributed by atoms with Gasteiger partial charge >= 0.3 is 6.09 Å². The Balaban J connectivity index is 1.39. The van der Waals surface area contributed by atoms with Crippen LogP contribution in [-0.4, -0.2) is 49.6 Å². The van der Waals surface area contributed by atoms with E-state index in [2.05, 4.69) is 20.2 Å². The Morgan fingerprint density at radius 3 is 2.65 bits per heavy atom. The molecular formula is C27H32N6O4. The molecule has 4 aromatic rings. The van der Waals surface area contributed by atoms with Crippen LogP contribution in [0.15, 0.2) is 54.9 Å². The number of aliphatic hydroxyl groups excluding tert-OH is 1. The monoisotopic (exact) mass is 504 g/mol. The van der Waals surface area contributed by atoms with Crippen LogP contribution in [0.5, 0.6) is 5.75 Å². The number of ether oxygens (including phenoxy) is 2. The summed E-state index contributed by atoms with van der Waals surface area (Å²) in [5.74, 6) is 0.636. The normalized spacial score (nSPS) is 14.5. The topological polar surface area (TPSA) is 129 Å². The van der Waals surface area contributed by atoms with Gasteiger partial charge in [-0.1, -0.05) is 17.3 Å². The van der Waals surface area contributed by atoms with Gasteiger partial charge in [0.2, 0.25) is 0 Å². The number of hydrogen-bond acceptors (Lipinski definition) is 7. The molecule has 1 atom stereocenters. The zero-order valence-corrected chi connectivity index (χ0v) is 21.0. The molecule has 1 aliphatic rings. The summed E-state index contributed by atoms with van der Waals surface area (Å²) in [6, 6.07) is 13.9. The van der Waals surface area contributed by atoms with E-state index in [4.69, 9.17) is 15.2 Å². The number of hydrogen-bond donors (Lipinski definition) is 3. The first-order valence-electron chi connectivity index (χ1n) is 12.6. The third-order valence-electron chi connectivity index (χ3n) is 6.51. The number of anilines is 2. The molecule has 1 aliphatic carbocycles. The number of carbonyl (C=O) groups excluding carboxylic acids is 1. The number of benzene rings is 2. The summed E-state index contributed by atoms with van der Waals surface area (Å²) < 4.78 is 14.9. The molecule has 0 saturated heterocycles. The van der Waals surface area contributed by atoms with Gasteiger partial charge < -0.3 is 24.9 Å². The molecule has 194 valence electrons. The first-order valence-corrected chi connectivity index (χ1v) is 12.6. The SMILES string of the molecule is CC(C)OC(=O)Nc1ccc(-c2c(N)c3cc(OCC(O)Cn4ccnn4)ccc3n2C2CCC2)cc1. The van der Waals surface area contributed by atoms with Crippen molar-refractivity contribution in [2.45, 2.75) is 57.9 Å². The fraction of sp³-hybridized carbons (Fsp3) is 0.370. The van der Waals surface area contributed by atoms with Gasteiger partial charge in [0, 0.05) is 28.9 Å². The highest BCUT2D eigenvalue weighted by Gasteiger charge is 2.27. The summed E-state index contributed by atoms with van der Waals surface area (Å²) in [6.45, 7) is 4.03. The number of nitrogens with one attached hydrogen (secondary N) is 1. The summed E-state index contributed by atoms with van der Waals surface area (Å²) in [4.78, 5) is 12.0. The lowest BCUT2D eigenvalue weighted by Crippen LogP contribution is -2.23. The van der Waals surface area contributed by atoms with Crippen LogP contribution in [0.2, 0.25) is 0 Å². The minimum absolute atomic E-state index is 0.120. The maximum Gasteiger partial charge on any atom is 0.411 e. The van der Waals surface area contributed by atoms with Gasteiger partial charge in [0.1, 0.15) is 18.5 Å². The number of carbonyl (C=O) groups is 1. The van der Waals surface area contributed by atoms with E-state index in [1.807, 2.05) is 56.3 Å². The van der Waals surface area contributed by atoms with E-state index >= 15 is 0 Å². The molecule has 1 saturated carbocycles. The van der Waals surface area contributed by atoms with E-state index in [0.717, 1.165) is 35.0 Å². The molecule has 10 heteroatoms. The van der Waals surface area contributed by atoms with Gasteiger partial charge in [0.15, 0.2) is 0 Å². The molecule has 37 heavy (non-hydrogen) atoms. The van der Waals surface area contributed by atoms with E-state index < -0.39 is 12.2 Å². The lowest BCUT2D eigenvalue weighted by Gasteiger charge is -2.30. The Morgan fingerprint density at radius 2 is 2.00 bits per heavy atom. The highest BCUT2D eigenvalue weighted by molar-refractivity contribution is 6.02. The van der Waals surface area contributed by atoms with Gasteiger partial charge in [-0.25, -0.2) is 9.48 Å². The number of nitrogens with zero attached hydrogens (tertiary/aromatic N) is 4. The second-order valence-electron chi connectivity index (χ2n) is 9.64. The molecule has 2 aromatic carbocycles. The molecule has 1 fully saturated rings. The van der Waals surface area contributed by atoms with E-state index in [9.17, 15) is 9.90 Å². The van der Waals surface area contributed by atoms with Crippen molar-refractivity contribution < 1.29 is 19.4 Å². The number of amides is 1. The van der Waals surface area contributed by atoms with Crippen molar-refractivity contribution in [3.05, 3.63) is 54.9 Å². The largest absolute Gasteiger partial charge is 0.491 e. The van der Waals surface area contributed by atoms with Gasteiger partial charge in [-0.2, -0.15) is 0 Å². The molecule has 4 N–H and O–H groups in total. The van der Waals surface area contributed by atoms with Crippen LogP contribution in [0, 0.1) is 0 Å². The molecule has 0 radical (unpaired) electrons. The van der Waals surface area contributed by atoms with E-state index in [-0.39, 0.29) is 12.7 Å². The number of aliphatic hydroxyl groups is 1. The lowest BCUT2D eigenvalue weighted by molar-refractivity contribution is 0.0889. The Hall–Kier alpha value is -4.05. The molecular weight excluding hydrogens is 472 g/mol. The van der Waals surface area contributed by atoms with E-state index in [1.165, 1.54) is 6.42 Å². The third kappa shape index (κ3) is 5.39. The molecule has 0 spiro atoms. The van der Waals surface area contributed by atoms with Crippen molar-refractivity contribution in [1.82, 2.24) is 19.6 Å². The second kappa shape index (κ2) is 10.5. The molecule has 0 aliphatic heterocycles. The summed E-state index contributed by atoms with van der Waals surface area (Å²) in [6.07, 6.45) is 5.26. The Bertz CT molecular complexity index is 1360. The van der Waals surface area contributed by atoms with Crippen LogP contribution in [0.3, 0.4) is 0 Å². The Labute approximate surface area is 215 Å². The van der Waals surface area contributed by atoms with Crippen LogP contribution < -0.4 is 15.8 Å². The summed E-state index contributed by atoms with van der Waals surface area (Å²) >= 11 is 0. The minimum Gasteiger partial charge on any atom is -0.491 e. The minimum atomic E-state index is -0.727. The van der Waals surface area contributed by atoms with E-state index in [0.29, 0.717) is 29.7 Å². The standard InChI is InChI=1S/C27H32N6O4/c1-17(2)37-27(35)30-19-8-6-18(7-9-19)26-25(28)23-14-22(10-11-24(23)33(26)20-4-3-5-20)36-16-21(34)15-32-13-12-29-31-32/h6-14,17,20-21,34H,3-5,15-16,28H2,1-2H3,(H,30,35). The van der Waals surface area contributed by atoms with Crippen molar-refractivity contribution >= 4 is 28.4 Å². The molecule has 10 nitrogen and oxygen atoms in total. The van der Waals surface area contributed by atoms with Gasteiger partial charge in [-0.15, -0.1) is 5.10 Å². The Kier molecular flexibility index (Phi) is 7.00. The van der Waals surface area contributed by atoms with Crippen LogP contribution >= 0.6 is 0 Å². The van der Waals surface area contributed by atoms with Crippen molar-refractivity contribution in [1.29, 1.82) is 0 Å². The van der Waals surface area contributed by atoms with Gasteiger partial charge in [-0.05, 0) is 63.4 Å². The molecule has 1 unspecified atom stereocenters. The number of rotatable bonds is 9. The van der Waals surface area contributed by atoms with Gasteiger partial charge in [-0.3, -0.25) is 5.32 Å². The quantitative estimate of drug-likeness (QED) is 0.304. The zero-order valence-electron chi connectivity index (χ0n) is 21.0. The number of aromatic nitrogens is 4. The second-order valence-corrected chi connectivity index (χ2v) is 9.64. The molecule has 1 amide bonds. The van der Waals surface area contributed by atoms with Crippen molar-refractivity contribution in [3.8, 4) is 17.0 Å². The molecule has 2 heterocycles. The molecule has 5 rings (SSSR count). The molecule has 2 aromatic heterocycles. The van der Waals surface area contributed by atoms with Gasteiger partial charge in [0.25, 0.3) is 0 Å². The Morgan fingerprint density at radius 1 is 1.22 bits per heavy atom. The predicted molar refractivity (Wildman–Crippen MR) is 141 cm³/mol. The maximum absolute atomic E-state index is 12.0. The van der Waals surface area contributed by atoms with E-state index in [1.54, 1.807) is 17.1 Å². The van der Waals surface area contributed by atoms with Crippen LogP contribution in [0.25, 0.3) is 22.2 Å². The predicted octanol–water partition coefficient (Wildman–Crippen LogP) is 4.60. The first kappa shape index (κ1) is 24.6. The fourth-order valence-electron chi connectivity index (χ4n) is 4.59. The zero-order chi connectivity index (χ0) is 25.9. The number of fused-ring (bicyclic) bond motifs is 1. The van der Waals surface area contributed by atoms with Gasteiger partial charge in [0.05, 0.1) is 35.7 Å². The van der Waals surface area contributed by atoms with Crippen LogP contribution in [0.1, 0.15) is 39.2 Å². The lowest BCUT2D eigenvalue weighted by atomic mass is 9.92. The van der Waals surface area contributed by atoms with Crippen molar-refractivity contribution in [2.24, 2.45) is 0 Å². The van der Waals surface area contributed by atoms with Crippen LogP contribution in [0.4, 0.5) is 16.2 Å². The fourth-order valence-corrected chi connectivity index (χ4v) is 4.59. The average Bonchev–Trinajstić information content (AvgIpc) is 3.43. The smallest absolute Gasteiger partial charge is 0.411 e. The maximum atomic E-state index is 12.0. The van der Waals surface area contributed by atoms with Crippen LogP contribution in [-0.2, 0) is 11.3 Å². The molecule has 0 bridgehead atoms. The van der Waals surface area contributed by atoms with Crippen molar-refractivity contribution in [2.75, 3.05) is 17.7 Å². The highest BCUT2D eigenvalue weighted by atomic mass is 16.6. The first-order chi connectivity index (χ1) is 17.9. The number of nitrogen functional groups attached to an aromatic ring is 1. The summed E-state index contributed by atoms with van der Waals surface area (Å²) in [5.41, 5.74) is 11.0. The third-order valence-corrected chi connectivity index (χ3v) is 6.51. The number of nitrogens with two attached hydrogens (primary N) is 1. The average molecular weight is 505 g/mol. The van der Waals surface area contributed by atoms with Crippen molar-refractivity contribution in [3.63, 3.8) is 0 Å². The highest BCUT2D eigenvalue weighted by Crippen LogP contribution is 2.44.